The summed E-state index contributed by atoms with van der Waals surface area (Å²) in [6, 6.07) is 14.6. The molecule has 2 N–H and O–H groups in total. The molecule has 3 aromatic rings. The Labute approximate surface area is 169 Å². The molecular weight excluding hydrogens is 364 g/mol. The number of carbonyl (C=O) groups is 2. The second kappa shape index (κ2) is 7.24. The van der Waals surface area contributed by atoms with Gasteiger partial charge in [-0.2, -0.15) is 0 Å². The predicted octanol–water partition coefficient (Wildman–Crippen LogP) is 4.99. The molecule has 1 unspecified atom stereocenters. The number of carbonyl (C=O) groups excluding carboxylic acids is 2. The number of ketones is 1. The average molecular weight is 388 g/mol. The lowest BCUT2D eigenvalue weighted by Gasteiger charge is -2.28. The van der Waals surface area contributed by atoms with E-state index in [9.17, 15) is 14.7 Å². The Balaban J connectivity index is 1.94. The number of benzene rings is 2. The fraction of sp³-hybridized carbons (Fsp3) is 0.250. The van der Waals surface area contributed by atoms with Crippen LogP contribution >= 0.6 is 0 Å². The van der Waals surface area contributed by atoms with Gasteiger partial charge in [0.2, 0.25) is 0 Å². The number of hydrogen-bond donors (Lipinski definition) is 2. The number of rotatable bonds is 5. The summed E-state index contributed by atoms with van der Waals surface area (Å²) in [4.78, 5) is 31.0. The summed E-state index contributed by atoms with van der Waals surface area (Å²) in [5.74, 6) is -1.07. The first-order valence-corrected chi connectivity index (χ1v) is 9.81. The first kappa shape index (κ1) is 19.0. The van der Waals surface area contributed by atoms with E-state index in [4.69, 9.17) is 0 Å². The van der Waals surface area contributed by atoms with E-state index in [1.54, 1.807) is 4.90 Å². The number of Topliss-reactive ketones (excluding diaryl/α,β-unsaturated/α-hetero) is 1. The van der Waals surface area contributed by atoms with Crippen molar-refractivity contribution in [2.75, 3.05) is 4.90 Å². The molecule has 1 atom stereocenters. The quantitative estimate of drug-likeness (QED) is 0.647. The predicted molar refractivity (Wildman–Crippen MR) is 114 cm³/mol. The number of aliphatic hydroxyl groups excluding tert-OH is 1. The third-order valence-electron chi connectivity index (χ3n) is 5.39. The number of aromatic amines is 1. The standard InChI is InChI=1S/C24H24N2O3/c1-14(2)12-20(27)21-22(17-13-25-18-10-6-5-9-16(17)18)26(24(29)23(21)28)19-11-7-4-8-15(19)3/h4-11,13-14,22,25,28H,12H2,1-3H3. The number of para-hydroxylation sites is 2. The highest BCUT2D eigenvalue weighted by atomic mass is 16.3. The van der Waals surface area contributed by atoms with E-state index in [0.29, 0.717) is 5.69 Å². The number of H-pyrrole nitrogens is 1. The highest BCUT2D eigenvalue weighted by molar-refractivity contribution is 6.17. The number of aryl methyl sites for hydroxylation is 1. The van der Waals surface area contributed by atoms with Crippen LogP contribution in [0.2, 0.25) is 0 Å². The van der Waals surface area contributed by atoms with Crippen LogP contribution < -0.4 is 4.90 Å². The SMILES string of the molecule is Cc1ccccc1N1C(=O)C(O)=C(C(=O)CC(C)C)C1c1c[nH]c2ccccc12. The molecular formula is C24H24N2O3. The molecule has 0 radical (unpaired) electrons. The van der Waals surface area contributed by atoms with Gasteiger partial charge >= 0.3 is 0 Å². The minimum absolute atomic E-state index is 0.119. The lowest BCUT2D eigenvalue weighted by molar-refractivity contribution is -0.118. The number of amides is 1. The number of fused-ring (bicyclic) bond motifs is 1. The van der Waals surface area contributed by atoms with Gasteiger partial charge in [-0.1, -0.05) is 50.2 Å². The molecule has 1 aliphatic rings. The summed E-state index contributed by atoms with van der Waals surface area (Å²) in [6.07, 6.45) is 2.10. The van der Waals surface area contributed by atoms with Crippen molar-refractivity contribution in [3.63, 3.8) is 0 Å². The highest BCUT2D eigenvalue weighted by Gasteiger charge is 2.45. The van der Waals surface area contributed by atoms with Gasteiger partial charge in [0.1, 0.15) is 0 Å². The second-order valence-corrected chi connectivity index (χ2v) is 7.94. The van der Waals surface area contributed by atoms with Crippen LogP contribution in [0.1, 0.15) is 37.4 Å². The first-order chi connectivity index (χ1) is 13.9. The number of anilines is 1. The van der Waals surface area contributed by atoms with Gasteiger partial charge in [-0.3, -0.25) is 14.5 Å². The number of nitrogens with zero attached hydrogens (tertiary/aromatic N) is 1. The molecule has 5 heteroatoms. The molecule has 0 aliphatic carbocycles. The molecule has 5 nitrogen and oxygen atoms in total. The number of nitrogens with one attached hydrogen (secondary N) is 1. The minimum Gasteiger partial charge on any atom is -0.503 e. The normalized spacial score (nSPS) is 17.0. The van der Waals surface area contributed by atoms with Crippen LogP contribution in [0.15, 0.2) is 66.1 Å². The van der Waals surface area contributed by atoms with Crippen molar-refractivity contribution in [1.82, 2.24) is 4.98 Å². The number of hydrogen-bond acceptors (Lipinski definition) is 3. The van der Waals surface area contributed by atoms with Crippen molar-refractivity contribution in [3.8, 4) is 0 Å². The van der Waals surface area contributed by atoms with E-state index < -0.39 is 17.7 Å². The van der Waals surface area contributed by atoms with Crippen LogP contribution in [0.25, 0.3) is 10.9 Å². The zero-order valence-electron chi connectivity index (χ0n) is 16.8. The van der Waals surface area contributed by atoms with Gasteiger partial charge in [0.15, 0.2) is 11.5 Å². The van der Waals surface area contributed by atoms with Crippen LogP contribution in [0.5, 0.6) is 0 Å². The summed E-state index contributed by atoms with van der Waals surface area (Å²) in [7, 11) is 0. The molecule has 1 aliphatic heterocycles. The number of aliphatic hydroxyl groups is 1. The second-order valence-electron chi connectivity index (χ2n) is 7.94. The van der Waals surface area contributed by atoms with Gasteiger partial charge in [0.05, 0.1) is 11.6 Å². The Kier molecular flexibility index (Phi) is 4.74. The van der Waals surface area contributed by atoms with E-state index in [-0.39, 0.29) is 23.7 Å². The average Bonchev–Trinajstić information content (AvgIpc) is 3.21. The summed E-state index contributed by atoms with van der Waals surface area (Å²) >= 11 is 0. The highest BCUT2D eigenvalue weighted by Crippen LogP contribution is 2.44. The molecule has 2 aromatic carbocycles. The summed E-state index contributed by atoms with van der Waals surface area (Å²) in [5, 5.41) is 11.7. The summed E-state index contributed by atoms with van der Waals surface area (Å²) < 4.78 is 0. The maximum absolute atomic E-state index is 13.2. The molecule has 0 bridgehead atoms. The zero-order chi connectivity index (χ0) is 20.7. The third-order valence-corrected chi connectivity index (χ3v) is 5.39. The van der Waals surface area contributed by atoms with Crippen LogP contribution in [0.4, 0.5) is 5.69 Å². The van der Waals surface area contributed by atoms with E-state index in [0.717, 1.165) is 22.0 Å². The smallest absolute Gasteiger partial charge is 0.294 e. The van der Waals surface area contributed by atoms with Gasteiger partial charge in [0, 0.05) is 34.8 Å². The van der Waals surface area contributed by atoms with Gasteiger partial charge in [0.25, 0.3) is 5.91 Å². The fourth-order valence-corrected chi connectivity index (χ4v) is 4.07. The fourth-order valence-electron chi connectivity index (χ4n) is 4.07. The van der Waals surface area contributed by atoms with E-state index >= 15 is 0 Å². The molecule has 1 amide bonds. The molecule has 0 saturated carbocycles. The van der Waals surface area contributed by atoms with Gasteiger partial charge < -0.3 is 10.1 Å². The minimum atomic E-state index is -0.675. The molecule has 0 saturated heterocycles. The Hall–Kier alpha value is -3.34. The Morgan fingerprint density at radius 3 is 2.55 bits per heavy atom. The van der Waals surface area contributed by atoms with Crippen molar-refractivity contribution in [2.24, 2.45) is 5.92 Å². The first-order valence-electron chi connectivity index (χ1n) is 9.81. The molecule has 4 rings (SSSR count). The Bertz CT molecular complexity index is 1140. The monoisotopic (exact) mass is 388 g/mol. The third kappa shape index (κ3) is 3.12. The van der Waals surface area contributed by atoms with Crippen LogP contribution in [0.3, 0.4) is 0 Å². The maximum atomic E-state index is 13.2. The molecule has 148 valence electrons. The molecule has 0 fully saturated rings. The zero-order valence-corrected chi connectivity index (χ0v) is 16.8. The lowest BCUT2D eigenvalue weighted by atomic mass is 9.91. The Morgan fingerprint density at radius 1 is 1.14 bits per heavy atom. The van der Waals surface area contributed by atoms with Crippen molar-refractivity contribution >= 4 is 28.3 Å². The van der Waals surface area contributed by atoms with Crippen molar-refractivity contribution in [2.45, 2.75) is 33.2 Å². The van der Waals surface area contributed by atoms with Crippen LogP contribution in [-0.2, 0) is 9.59 Å². The maximum Gasteiger partial charge on any atom is 0.294 e. The van der Waals surface area contributed by atoms with Crippen molar-refractivity contribution < 1.29 is 14.7 Å². The van der Waals surface area contributed by atoms with Crippen LogP contribution in [-0.4, -0.2) is 21.8 Å². The van der Waals surface area contributed by atoms with E-state index in [1.165, 1.54) is 0 Å². The molecule has 0 spiro atoms. The molecule has 1 aromatic heterocycles. The largest absolute Gasteiger partial charge is 0.503 e. The van der Waals surface area contributed by atoms with Gasteiger partial charge in [-0.15, -0.1) is 0 Å². The van der Waals surface area contributed by atoms with Crippen LogP contribution in [0, 0.1) is 12.8 Å². The van der Waals surface area contributed by atoms with Gasteiger partial charge in [-0.25, -0.2) is 0 Å². The number of aromatic nitrogens is 1. The topological polar surface area (TPSA) is 73.4 Å². The van der Waals surface area contributed by atoms with E-state index in [2.05, 4.69) is 4.98 Å². The van der Waals surface area contributed by atoms with Crippen molar-refractivity contribution in [3.05, 3.63) is 77.2 Å². The molecule has 2 heterocycles. The van der Waals surface area contributed by atoms with Crippen molar-refractivity contribution in [1.29, 1.82) is 0 Å². The molecule has 29 heavy (non-hydrogen) atoms. The van der Waals surface area contributed by atoms with E-state index in [1.807, 2.05) is 75.5 Å². The summed E-state index contributed by atoms with van der Waals surface area (Å²) in [5.41, 5.74) is 3.48. The summed E-state index contributed by atoms with van der Waals surface area (Å²) in [6.45, 7) is 5.82. The van der Waals surface area contributed by atoms with Gasteiger partial charge in [-0.05, 0) is 30.5 Å². The Morgan fingerprint density at radius 2 is 1.83 bits per heavy atom. The lowest BCUT2D eigenvalue weighted by Crippen LogP contribution is -2.31.